The Morgan fingerprint density at radius 3 is 1.75 bits per heavy atom. The van der Waals surface area contributed by atoms with Crippen molar-refractivity contribution in [1.29, 1.82) is 0 Å². The first-order valence-corrected chi connectivity index (χ1v) is 4.55. The molecule has 12 heavy (non-hydrogen) atoms. The van der Waals surface area contributed by atoms with Crippen molar-refractivity contribution < 1.29 is 26.5 Å². The smallest absolute Gasteiger partial charge is 0.133 e. The fourth-order valence-electron chi connectivity index (χ4n) is 0.843. The van der Waals surface area contributed by atoms with E-state index in [1.54, 1.807) is 0 Å². The summed E-state index contributed by atoms with van der Waals surface area (Å²) < 4.78 is 0.726. The normalized spacial score (nSPS) is 7.92. The predicted octanol–water partition coefficient (Wildman–Crippen LogP) is 1.50. The summed E-state index contributed by atoms with van der Waals surface area (Å²) in [7, 11) is 0. The fourth-order valence-corrected chi connectivity index (χ4v) is 1.23. The summed E-state index contributed by atoms with van der Waals surface area (Å²) >= 11 is 9.06. The Balaban J connectivity index is -0.000000405. The van der Waals surface area contributed by atoms with Gasteiger partial charge in [-0.25, -0.2) is 0 Å². The molecule has 0 spiro atoms. The third-order valence-corrected chi connectivity index (χ3v) is 1.80. The summed E-state index contributed by atoms with van der Waals surface area (Å²) in [5, 5.41) is 0. The Morgan fingerprint density at radius 2 is 1.58 bits per heavy atom. The van der Waals surface area contributed by atoms with Gasteiger partial charge in [0, 0.05) is 34.2 Å². The van der Waals surface area contributed by atoms with E-state index in [2.05, 4.69) is 31.4 Å². The van der Waals surface area contributed by atoms with Crippen LogP contribution in [-0.4, -0.2) is 27.8 Å². The zero-order valence-electron chi connectivity index (χ0n) is 7.54. The molecule has 2 N–H and O–H groups in total. The summed E-state index contributed by atoms with van der Waals surface area (Å²) in [5.74, 6) is 0. The van der Waals surface area contributed by atoms with E-state index in [9.17, 15) is 0 Å². The molecule has 2 nitrogen and oxygen atoms in total. The fraction of sp³-hybridized carbons (Fsp3) is 0.857. The largest absolute Gasteiger partial charge is 0.412 e. The molecule has 0 saturated carbocycles. The van der Waals surface area contributed by atoms with Gasteiger partial charge in [0.15, 0.2) is 0 Å². The molecule has 0 amide bonds. The summed E-state index contributed by atoms with van der Waals surface area (Å²) in [6.07, 6.45) is 2.28. The van der Waals surface area contributed by atoms with Gasteiger partial charge < -0.3 is 10.4 Å². The van der Waals surface area contributed by atoms with Crippen molar-refractivity contribution in [2.45, 2.75) is 26.7 Å². The number of thiol groups is 1. The predicted molar refractivity (Wildman–Crippen MR) is 57.4 cm³/mol. The molecule has 0 aromatic rings. The monoisotopic (exact) mass is 293 g/mol. The van der Waals surface area contributed by atoms with E-state index in [1.165, 1.54) is 0 Å². The molecule has 0 saturated heterocycles. The molecule has 0 aliphatic heterocycles. The third-order valence-electron chi connectivity index (χ3n) is 1.26. The van der Waals surface area contributed by atoms with Gasteiger partial charge in [-0.15, -0.1) is 12.6 Å². The SMILES string of the molecule is CCCN(CCC)C(=S)S.O.[Mo]. The first-order valence-electron chi connectivity index (χ1n) is 3.70. The topological polar surface area (TPSA) is 34.7 Å². The summed E-state index contributed by atoms with van der Waals surface area (Å²) in [4.78, 5) is 2.12. The van der Waals surface area contributed by atoms with Crippen LogP contribution in [0.5, 0.6) is 0 Å². The van der Waals surface area contributed by atoms with Crippen LogP contribution in [0.25, 0.3) is 0 Å². The van der Waals surface area contributed by atoms with Crippen molar-refractivity contribution in [3.8, 4) is 0 Å². The minimum absolute atomic E-state index is 0. The van der Waals surface area contributed by atoms with Gasteiger partial charge in [0.2, 0.25) is 0 Å². The van der Waals surface area contributed by atoms with Gasteiger partial charge >= 0.3 is 0 Å². The molecule has 0 unspecified atom stereocenters. The Bertz CT molecular complexity index is 108. The molecule has 0 radical (unpaired) electrons. The Hall–Kier alpha value is 0.888. The van der Waals surface area contributed by atoms with E-state index in [4.69, 9.17) is 12.2 Å². The first-order chi connectivity index (χ1) is 4.72. The van der Waals surface area contributed by atoms with Gasteiger partial charge in [-0.2, -0.15) is 0 Å². The second kappa shape index (κ2) is 11.9. The Morgan fingerprint density at radius 1 is 1.25 bits per heavy atom. The standard InChI is InChI=1S/C7H15NS2.Mo.H2O/c1-3-5-8(6-4-2)7(9)10;;/h3-6H2,1-2H3,(H,9,10);;1H2. The van der Waals surface area contributed by atoms with Crippen LogP contribution >= 0.6 is 24.8 Å². The van der Waals surface area contributed by atoms with Crippen LogP contribution < -0.4 is 0 Å². The molecule has 0 heterocycles. The maximum atomic E-state index is 4.94. The van der Waals surface area contributed by atoms with Crippen LogP contribution in [0.15, 0.2) is 0 Å². The Kier molecular flexibility index (Phi) is 18.5. The molecule has 0 fully saturated rings. The zero-order valence-corrected chi connectivity index (χ0v) is 11.3. The molecule has 0 aliphatic rings. The van der Waals surface area contributed by atoms with Crippen LogP contribution in [0, 0.1) is 0 Å². The number of thiocarbonyl (C=S) groups is 1. The molecular formula is C7H17MoNOS2. The number of hydrogen-bond acceptors (Lipinski definition) is 1. The molecule has 74 valence electrons. The van der Waals surface area contributed by atoms with Gasteiger partial charge in [-0.3, -0.25) is 0 Å². The van der Waals surface area contributed by atoms with Crippen LogP contribution in [0.2, 0.25) is 0 Å². The quantitative estimate of drug-likeness (QED) is 0.484. The minimum atomic E-state index is 0. The molecule has 0 atom stereocenters. The molecule has 0 aliphatic carbocycles. The second-order valence-corrected chi connectivity index (χ2v) is 3.38. The van der Waals surface area contributed by atoms with E-state index in [0.717, 1.165) is 30.3 Å². The van der Waals surface area contributed by atoms with Gasteiger partial charge in [0.05, 0.1) is 0 Å². The van der Waals surface area contributed by atoms with Crippen LogP contribution in [0.4, 0.5) is 0 Å². The number of nitrogens with zero attached hydrogens (tertiary/aromatic N) is 1. The number of rotatable bonds is 4. The first kappa shape index (κ1) is 18.6. The average Bonchev–Trinajstić information content (AvgIpc) is 1.87. The summed E-state index contributed by atoms with van der Waals surface area (Å²) in [5.41, 5.74) is 0. The zero-order chi connectivity index (χ0) is 7.98. The van der Waals surface area contributed by atoms with Crippen molar-refractivity contribution in [2.24, 2.45) is 0 Å². The van der Waals surface area contributed by atoms with E-state index in [0.29, 0.717) is 0 Å². The molecular weight excluding hydrogens is 274 g/mol. The van der Waals surface area contributed by atoms with Crippen molar-refractivity contribution in [1.82, 2.24) is 4.90 Å². The molecule has 0 bridgehead atoms. The summed E-state index contributed by atoms with van der Waals surface area (Å²) in [6, 6.07) is 0. The van der Waals surface area contributed by atoms with Gasteiger partial charge in [-0.05, 0) is 12.8 Å². The maximum Gasteiger partial charge on any atom is 0.133 e. The van der Waals surface area contributed by atoms with Gasteiger partial charge in [0.25, 0.3) is 0 Å². The molecule has 0 rings (SSSR count). The van der Waals surface area contributed by atoms with Crippen molar-refractivity contribution in [3.63, 3.8) is 0 Å². The minimum Gasteiger partial charge on any atom is -0.412 e. The summed E-state index contributed by atoms with van der Waals surface area (Å²) in [6.45, 7) is 6.37. The number of hydrogen-bond donors (Lipinski definition) is 1. The van der Waals surface area contributed by atoms with Crippen LogP contribution in [-0.2, 0) is 21.1 Å². The Labute approximate surface area is 100 Å². The van der Waals surface area contributed by atoms with Gasteiger partial charge in [0.1, 0.15) is 4.32 Å². The van der Waals surface area contributed by atoms with E-state index in [1.807, 2.05) is 0 Å². The van der Waals surface area contributed by atoms with Gasteiger partial charge in [-0.1, -0.05) is 26.1 Å². The molecule has 5 heteroatoms. The third kappa shape index (κ3) is 8.98. The molecule has 0 aromatic carbocycles. The van der Waals surface area contributed by atoms with E-state index < -0.39 is 0 Å². The van der Waals surface area contributed by atoms with E-state index >= 15 is 0 Å². The van der Waals surface area contributed by atoms with Crippen molar-refractivity contribution in [2.75, 3.05) is 13.1 Å². The average molecular weight is 291 g/mol. The molecule has 0 aromatic heterocycles. The van der Waals surface area contributed by atoms with E-state index in [-0.39, 0.29) is 26.5 Å². The van der Waals surface area contributed by atoms with Crippen molar-refractivity contribution in [3.05, 3.63) is 0 Å². The second-order valence-electron chi connectivity index (χ2n) is 2.27. The van der Waals surface area contributed by atoms with Crippen LogP contribution in [0.1, 0.15) is 26.7 Å². The maximum absolute atomic E-state index is 4.94. The van der Waals surface area contributed by atoms with Crippen molar-refractivity contribution >= 4 is 29.2 Å². The van der Waals surface area contributed by atoms with Crippen LogP contribution in [0.3, 0.4) is 0 Å².